The first kappa shape index (κ1) is 11.9. The van der Waals surface area contributed by atoms with Crippen molar-refractivity contribution >= 4 is 11.8 Å². The van der Waals surface area contributed by atoms with E-state index >= 15 is 0 Å². The van der Waals surface area contributed by atoms with Crippen LogP contribution in [0.15, 0.2) is 54.9 Å². The zero-order chi connectivity index (χ0) is 13.0. The largest absolute Gasteiger partial charge is 0.276 e. The Bertz CT molecular complexity index is 503. The Balaban J connectivity index is 2.20. The minimum atomic E-state index is -0.586. The summed E-state index contributed by atoms with van der Waals surface area (Å²) in [5.41, 5.74) is 0.626. The second-order valence-corrected chi connectivity index (χ2v) is 3.59. The van der Waals surface area contributed by atoms with Crippen molar-refractivity contribution in [1.82, 2.24) is 9.99 Å². The molecule has 0 aliphatic carbocycles. The molecule has 18 heavy (non-hydrogen) atoms. The fourth-order valence-electron chi connectivity index (χ4n) is 1.44. The van der Waals surface area contributed by atoms with Gasteiger partial charge in [0.25, 0.3) is 11.8 Å². The minimum Gasteiger partial charge on any atom is -0.267 e. The van der Waals surface area contributed by atoms with E-state index in [1.54, 1.807) is 42.5 Å². The molecule has 1 heterocycles. The molecule has 0 saturated heterocycles. The van der Waals surface area contributed by atoms with Crippen molar-refractivity contribution in [2.45, 2.75) is 0 Å². The third-order valence-corrected chi connectivity index (χ3v) is 2.37. The number of carbonyl (C=O) groups is 2. The molecule has 2 aromatic rings. The van der Waals surface area contributed by atoms with E-state index in [1.165, 1.54) is 12.4 Å². The molecular formula is C13H11N3O2. The lowest BCUT2D eigenvalue weighted by Gasteiger charge is -2.14. The Kier molecular flexibility index (Phi) is 3.45. The van der Waals surface area contributed by atoms with Crippen LogP contribution in [0.25, 0.3) is 0 Å². The molecule has 2 rings (SSSR count). The predicted octanol–water partition coefficient (Wildman–Crippen LogP) is 1.24. The summed E-state index contributed by atoms with van der Waals surface area (Å²) in [5, 5.41) is 0.590. The standard InChI is InChI=1S/C13H11N3O2/c14-16(12(17)10-5-2-1-3-6-10)13(18)11-7-4-8-15-9-11/h1-9H,14H2. The van der Waals surface area contributed by atoms with Gasteiger partial charge in [-0.05, 0) is 24.3 Å². The molecule has 0 aliphatic heterocycles. The number of carbonyl (C=O) groups excluding carboxylic acids is 2. The van der Waals surface area contributed by atoms with Gasteiger partial charge in [0.1, 0.15) is 0 Å². The SMILES string of the molecule is NN(C(=O)c1ccccc1)C(=O)c1cccnc1. The Morgan fingerprint density at radius 2 is 1.56 bits per heavy atom. The Hall–Kier alpha value is -2.53. The summed E-state index contributed by atoms with van der Waals surface area (Å²) in [5.74, 6) is 4.39. The van der Waals surface area contributed by atoms with Crippen molar-refractivity contribution in [3.05, 3.63) is 66.0 Å². The summed E-state index contributed by atoms with van der Waals surface area (Å²) >= 11 is 0. The van der Waals surface area contributed by atoms with Gasteiger partial charge >= 0.3 is 0 Å². The van der Waals surface area contributed by atoms with Crippen LogP contribution in [0.3, 0.4) is 0 Å². The fraction of sp³-hybridized carbons (Fsp3) is 0. The van der Waals surface area contributed by atoms with Gasteiger partial charge in [0.05, 0.1) is 5.56 Å². The van der Waals surface area contributed by atoms with Crippen molar-refractivity contribution in [1.29, 1.82) is 0 Å². The summed E-state index contributed by atoms with van der Waals surface area (Å²) in [4.78, 5) is 27.6. The topological polar surface area (TPSA) is 76.3 Å². The lowest BCUT2D eigenvalue weighted by Crippen LogP contribution is -2.42. The zero-order valence-corrected chi connectivity index (χ0v) is 9.48. The van der Waals surface area contributed by atoms with Crippen LogP contribution in [0.1, 0.15) is 20.7 Å². The summed E-state index contributed by atoms with van der Waals surface area (Å²) in [6, 6.07) is 11.5. The fourth-order valence-corrected chi connectivity index (χ4v) is 1.44. The van der Waals surface area contributed by atoms with Gasteiger partial charge in [-0.3, -0.25) is 14.6 Å². The van der Waals surface area contributed by atoms with E-state index < -0.39 is 11.8 Å². The van der Waals surface area contributed by atoms with Crippen LogP contribution in [0, 0.1) is 0 Å². The maximum absolute atomic E-state index is 11.9. The van der Waals surface area contributed by atoms with Gasteiger partial charge in [-0.1, -0.05) is 18.2 Å². The summed E-state index contributed by atoms with van der Waals surface area (Å²) in [6.45, 7) is 0. The van der Waals surface area contributed by atoms with Crippen molar-refractivity contribution < 1.29 is 9.59 Å². The van der Waals surface area contributed by atoms with Crippen molar-refractivity contribution in [3.63, 3.8) is 0 Å². The van der Waals surface area contributed by atoms with Crippen LogP contribution in [0.4, 0.5) is 0 Å². The van der Waals surface area contributed by atoms with E-state index in [4.69, 9.17) is 5.84 Å². The molecule has 0 fully saturated rings. The van der Waals surface area contributed by atoms with Gasteiger partial charge in [0, 0.05) is 18.0 Å². The quantitative estimate of drug-likeness (QED) is 0.371. The molecule has 0 aliphatic rings. The smallest absolute Gasteiger partial charge is 0.267 e. The van der Waals surface area contributed by atoms with Crippen molar-refractivity contribution in [3.8, 4) is 0 Å². The zero-order valence-electron chi connectivity index (χ0n) is 9.48. The van der Waals surface area contributed by atoms with E-state index in [0.717, 1.165) is 0 Å². The molecular weight excluding hydrogens is 230 g/mol. The first-order valence-corrected chi connectivity index (χ1v) is 5.28. The number of imide groups is 1. The van der Waals surface area contributed by atoms with Gasteiger partial charge in [0.2, 0.25) is 0 Å². The van der Waals surface area contributed by atoms with Gasteiger partial charge in [0.15, 0.2) is 0 Å². The molecule has 90 valence electrons. The molecule has 1 aromatic carbocycles. The average molecular weight is 241 g/mol. The Labute approximate surface area is 104 Å². The number of benzene rings is 1. The molecule has 2 amide bonds. The van der Waals surface area contributed by atoms with Gasteiger partial charge in [-0.25, -0.2) is 10.9 Å². The first-order valence-electron chi connectivity index (χ1n) is 5.28. The van der Waals surface area contributed by atoms with E-state index in [1.807, 2.05) is 0 Å². The number of hydrogen-bond acceptors (Lipinski definition) is 4. The molecule has 5 nitrogen and oxygen atoms in total. The van der Waals surface area contributed by atoms with Crippen molar-refractivity contribution in [2.24, 2.45) is 5.84 Å². The van der Waals surface area contributed by atoms with E-state index in [0.29, 0.717) is 10.6 Å². The lowest BCUT2D eigenvalue weighted by atomic mass is 10.2. The number of rotatable bonds is 2. The van der Waals surface area contributed by atoms with Crippen LogP contribution in [0.5, 0.6) is 0 Å². The molecule has 0 spiro atoms. The number of pyridine rings is 1. The lowest BCUT2D eigenvalue weighted by molar-refractivity contribution is 0.0615. The van der Waals surface area contributed by atoms with Gasteiger partial charge in [-0.2, -0.15) is 0 Å². The van der Waals surface area contributed by atoms with E-state index in [2.05, 4.69) is 4.98 Å². The Morgan fingerprint density at radius 3 is 2.17 bits per heavy atom. The molecule has 2 N–H and O–H groups in total. The van der Waals surface area contributed by atoms with Gasteiger partial charge < -0.3 is 0 Å². The molecule has 0 atom stereocenters. The number of hydrazine groups is 1. The minimum absolute atomic E-state index is 0.268. The summed E-state index contributed by atoms with van der Waals surface area (Å²) in [7, 11) is 0. The Morgan fingerprint density at radius 1 is 0.944 bits per heavy atom. The van der Waals surface area contributed by atoms with Crippen LogP contribution in [0.2, 0.25) is 0 Å². The normalized spacial score (nSPS) is 9.83. The van der Waals surface area contributed by atoms with Crippen molar-refractivity contribution in [2.75, 3.05) is 0 Å². The number of hydrogen-bond donors (Lipinski definition) is 1. The molecule has 0 saturated carbocycles. The van der Waals surface area contributed by atoms with Crippen LogP contribution < -0.4 is 5.84 Å². The van der Waals surface area contributed by atoms with Gasteiger partial charge in [-0.15, -0.1) is 0 Å². The molecule has 1 aromatic heterocycles. The van der Waals surface area contributed by atoms with E-state index in [-0.39, 0.29) is 5.56 Å². The highest BCUT2D eigenvalue weighted by atomic mass is 16.2. The van der Waals surface area contributed by atoms with Crippen LogP contribution in [-0.4, -0.2) is 21.8 Å². The number of amides is 2. The highest BCUT2D eigenvalue weighted by molar-refractivity contribution is 6.09. The maximum Gasteiger partial charge on any atom is 0.276 e. The summed E-state index contributed by atoms with van der Waals surface area (Å²) in [6.07, 6.45) is 2.90. The number of nitrogens with two attached hydrogens (primary N) is 1. The van der Waals surface area contributed by atoms with Crippen LogP contribution in [-0.2, 0) is 0 Å². The van der Waals surface area contributed by atoms with E-state index in [9.17, 15) is 9.59 Å². The highest BCUT2D eigenvalue weighted by Crippen LogP contribution is 2.06. The average Bonchev–Trinajstić information content (AvgIpc) is 2.47. The van der Waals surface area contributed by atoms with Crippen LogP contribution >= 0.6 is 0 Å². The number of aromatic nitrogens is 1. The number of nitrogens with zero attached hydrogens (tertiary/aromatic N) is 2. The molecule has 0 unspecified atom stereocenters. The predicted molar refractivity (Wildman–Crippen MR) is 65.4 cm³/mol. The molecule has 5 heteroatoms. The first-order chi connectivity index (χ1) is 8.70. The molecule has 0 bridgehead atoms. The second-order valence-electron chi connectivity index (χ2n) is 3.59. The third-order valence-electron chi connectivity index (χ3n) is 2.37. The summed E-state index contributed by atoms with van der Waals surface area (Å²) < 4.78 is 0. The highest BCUT2D eigenvalue weighted by Gasteiger charge is 2.20. The third kappa shape index (κ3) is 2.41. The molecule has 0 radical (unpaired) electrons. The maximum atomic E-state index is 11.9. The second kappa shape index (κ2) is 5.20. The monoisotopic (exact) mass is 241 g/mol.